The van der Waals surface area contributed by atoms with Crippen LogP contribution in [0.25, 0.3) is 0 Å². The van der Waals surface area contributed by atoms with Crippen molar-refractivity contribution in [1.82, 2.24) is 0 Å². The van der Waals surface area contributed by atoms with Gasteiger partial charge in [-0.3, -0.25) is 4.79 Å². The van der Waals surface area contributed by atoms with Crippen molar-refractivity contribution in [2.24, 2.45) is 29.1 Å². The highest BCUT2D eigenvalue weighted by Gasteiger charge is 2.63. The molecule has 4 rings (SSSR count). The number of fused-ring (bicyclic) bond motifs is 5. The fourth-order valence-electron chi connectivity index (χ4n) is 7.68. The summed E-state index contributed by atoms with van der Waals surface area (Å²) >= 11 is 0. The van der Waals surface area contributed by atoms with Gasteiger partial charge < -0.3 is 4.43 Å². The largest absolute Gasteiger partial charge is 0.412 e. The summed E-state index contributed by atoms with van der Waals surface area (Å²) in [6.07, 6.45) is 12.9. The first-order valence-corrected chi connectivity index (χ1v) is 14.5. The van der Waals surface area contributed by atoms with Crippen LogP contribution in [0.5, 0.6) is 0 Å². The van der Waals surface area contributed by atoms with E-state index in [9.17, 15) is 4.79 Å². The quantitative estimate of drug-likeness (QED) is 0.556. The van der Waals surface area contributed by atoms with Crippen LogP contribution in [0, 0.1) is 29.1 Å². The standard InChI is InChI=1S/C23H38O2Si/c1-6-23(25-26(3,4)5)14-12-21-20-9-7-16-15-17(24)8-10-18(16)19(20)11-13-22(21,23)2/h15,18-21H,6-14H2,1-5H3. The van der Waals surface area contributed by atoms with Gasteiger partial charge in [0, 0.05) is 6.42 Å². The van der Waals surface area contributed by atoms with Crippen molar-refractivity contribution >= 4 is 14.1 Å². The van der Waals surface area contributed by atoms with E-state index in [-0.39, 0.29) is 5.60 Å². The van der Waals surface area contributed by atoms with E-state index in [4.69, 9.17) is 4.43 Å². The zero-order chi connectivity index (χ0) is 18.7. The number of carbonyl (C=O) groups is 1. The van der Waals surface area contributed by atoms with Gasteiger partial charge in [0.25, 0.3) is 0 Å². The minimum absolute atomic E-state index is 0.117. The van der Waals surface area contributed by atoms with Gasteiger partial charge in [-0.2, -0.15) is 0 Å². The summed E-state index contributed by atoms with van der Waals surface area (Å²) in [5.74, 6) is 3.62. The Morgan fingerprint density at radius 1 is 1.08 bits per heavy atom. The highest BCUT2D eigenvalue weighted by atomic mass is 28.4. The molecule has 26 heavy (non-hydrogen) atoms. The molecule has 4 aliphatic carbocycles. The van der Waals surface area contributed by atoms with Gasteiger partial charge >= 0.3 is 0 Å². The molecule has 0 amide bonds. The second-order valence-electron chi connectivity index (χ2n) is 10.9. The third kappa shape index (κ3) is 2.80. The van der Waals surface area contributed by atoms with E-state index >= 15 is 0 Å². The average Bonchev–Trinajstić information content (AvgIpc) is 2.86. The van der Waals surface area contributed by atoms with Crippen LogP contribution < -0.4 is 0 Å². The van der Waals surface area contributed by atoms with Crippen molar-refractivity contribution in [2.45, 2.75) is 96.9 Å². The number of allylic oxidation sites excluding steroid dienone is 1. The van der Waals surface area contributed by atoms with Gasteiger partial charge in [0.05, 0.1) is 5.60 Å². The van der Waals surface area contributed by atoms with Crippen molar-refractivity contribution in [3.8, 4) is 0 Å². The molecule has 2 nitrogen and oxygen atoms in total. The van der Waals surface area contributed by atoms with Crippen LogP contribution in [-0.4, -0.2) is 19.7 Å². The van der Waals surface area contributed by atoms with Crippen LogP contribution in [-0.2, 0) is 9.22 Å². The van der Waals surface area contributed by atoms with E-state index in [1.807, 2.05) is 6.08 Å². The Labute approximate surface area is 161 Å². The van der Waals surface area contributed by atoms with Gasteiger partial charge in [0.2, 0.25) is 0 Å². The van der Waals surface area contributed by atoms with Crippen LogP contribution >= 0.6 is 0 Å². The minimum Gasteiger partial charge on any atom is -0.412 e. The highest BCUT2D eigenvalue weighted by molar-refractivity contribution is 6.69. The SMILES string of the molecule is CCC1(O[Si](C)(C)C)CCC2C3CCC4=CC(=O)CCC4C3CCC21C. The number of rotatable bonds is 3. The van der Waals surface area contributed by atoms with Gasteiger partial charge in [-0.05, 0) is 106 Å². The van der Waals surface area contributed by atoms with E-state index < -0.39 is 8.32 Å². The molecule has 0 aromatic heterocycles. The maximum Gasteiger partial charge on any atom is 0.184 e. The maximum atomic E-state index is 11.9. The molecule has 0 heterocycles. The van der Waals surface area contributed by atoms with Gasteiger partial charge in [-0.25, -0.2) is 0 Å². The summed E-state index contributed by atoms with van der Waals surface area (Å²) in [4.78, 5) is 11.9. The lowest BCUT2D eigenvalue weighted by molar-refractivity contribution is -0.118. The minimum atomic E-state index is -1.56. The Bertz CT molecular complexity index is 618. The van der Waals surface area contributed by atoms with Crippen molar-refractivity contribution in [2.75, 3.05) is 0 Å². The van der Waals surface area contributed by atoms with E-state index in [1.165, 1.54) is 50.5 Å². The molecule has 0 bridgehead atoms. The Morgan fingerprint density at radius 2 is 1.85 bits per heavy atom. The van der Waals surface area contributed by atoms with Crippen molar-refractivity contribution < 1.29 is 9.22 Å². The van der Waals surface area contributed by atoms with Crippen molar-refractivity contribution in [3.63, 3.8) is 0 Å². The lowest BCUT2D eigenvalue weighted by Crippen LogP contribution is -2.56. The summed E-state index contributed by atoms with van der Waals surface area (Å²) in [6.45, 7) is 12.0. The number of carbonyl (C=O) groups excluding carboxylic acids is 1. The summed E-state index contributed by atoms with van der Waals surface area (Å²) in [5, 5.41) is 0. The van der Waals surface area contributed by atoms with Crippen molar-refractivity contribution in [3.05, 3.63) is 11.6 Å². The second-order valence-corrected chi connectivity index (χ2v) is 15.3. The molecule has 0 saturated heterocycles. The summed E-state index contributed by atoms with van der Waals surface area (Å²) in [5.41, 5.74) is 1.98. The molecular weight excluding hydrogens is 336 g/mol. The fourth-order valence-corrected chi connectivity index (χ4v) is 9.33. The number of ketones is 1. The van der Waals surface area contributed by atoms with Gasteiger partial charge in [-0.1, -0.05) is 19.4 Å². The van der Waals surface area contributed by atoms with E-state index in [0.717, 1.165) is 30.6 Å². The fraction of sp³-hybridized carbons (Fsp3) is 0.870. The lowest BCUT2D eigenvalue weighted by atomic mass is 9.50. The Balaban J connectivity index is 1.62. The Morgan fingerprint density at radius 3 is 2.54 bits per heavy atom. The molecule has 0 spiro atoms. The monoisotopic (exact) mass is 374 g/mol. The molecule has 0 aromatic rings. The molecule has 6 atom stereocenters. The molecule has 3 fully saturated rings. The first-order chi connectivity index (χ1) is 12.2. The zero-order valence-corrected chi connectivity index (χ0v) is 18.6. The van der Waals surface area contributed by atoms with Crippen LogP contribution in [0.1, 0.15) is 71.6 Å². The Kier molecular flexibility index (Phi) is 4.59. The maximum absolute atomic E-state index is 11.9. The third-order valence-electron chi connectivity index (χ3n) is 8.66. The predicted molar refractivity (Wildman–Crippen MR) is 110 cm³/mol. The molecule has 4 aliphatic rings. The number of hydrogen-bond donors (Lipinski definition) is 0. The zero-order valence-electron chi connectivity index (χ0n) is 17.6. The first kappa shape index (κ1) is 18.9. The van der Waals surface area contributed by atoms with E-state index in [2.05, 4.69) is 33.5 Å². The smallest absolute Gasteiger partial charge is 0.184 e. The molecule has 0 aromatic carbocycles. The molecule has 6 unspecified atom stereocenters. The van der Waals surface area contributed by atoms with Crippen molar-refractivity contribution in [1.29, 1.82) is 0 Å². The molecule has 3 heteroatoms. The van der Waals surface area contributed by atoms with Gasteiger partial charge in [-0.15, -0.1) is 0 Å². The van der Waals surface area contributed by atoms with E-state index in [1.54, 1.807) is 0 Å². The average molecular weight is 375 g/mol. The Hall–Kier alpha value is -0.413. The summed E-state index contributed by atoms with van der Waals surface area (Å²) < 4.78 is 6.99. The third-order valence-corrected chi connectivity index (χ3v) is 9.67. The predicted octanol–water partition coefficient (Wildman–Crippen LogP) is 6.13. The lowest BCUT2D eigenvalue weighted by Gasteiger charge is -2.57. The van der Waals surface area contributed by atoms with Gasteiger partial charge in [0.15, 0.2) is 14.1 Å². The van der Waals surface area contributed by atoms with Gasteiger partial charge in [0.1, 0.15) is 0 Å². The molecule has 0 radical (unpaired) electrons. The molecular formula is C23H38O2Si. The van der Waals surface area contributed by atoms with Crippen LogP contribution in [0.2, 0.25) is 19.6 Å². The second kappa shape index (κ2) is 6.30. The van der Waals surface area contributed by atoms with Crippen LogP contribution in [0.4, 0.5) is 0 Å². The van der Waals surface area contributed by atoms with E-state index in [0.29, 0.717) is 17.1 Å². The number of hydrogen-bond acceptors (Lipinski definition) is 2. The van der Waals surface area contributed by atoms with Crippen LogP contribution in [0.3, 0.4) is 0 Å². The first-order valence-electron chi connectivity index (χ1n) is 11.1. The summed E-state index contributed by atoms with van der Waals surface area (Å²) in [6, 6.07) is 0. The molecule has 0 N–H and O–H groups in total. The highest BCUT2D eigenvalue weighted by Crippen LogP contribution is 2.66. The summed E-state index contributed by atoms with van der Waals surface area (Å²) in [7, 11) is -1.56. The molecule has 146 valence electrons. The topological polar surface area (TPSA) is 26.3 Å². The normalized spacial score (nSPS) is 45.6. The molecule has 3 saturated carbocycles. The van der Waals surface area contributed by atoms with Crippen LogP contribution in [0.15, 0.2) is 11.6 Å². The molecule has 0 aliphatic heterocycles.